The van der Waals surface area contributed by atoms with E-state index in [1.807, 2.05) is 0 Å². The zero-order valence-corrected chi connectivity index (χ0v) is 20.4. The highest BCUT2D eigenvalue weighted by Crippen LogP contribution is 2.23. The van der Waals surface area contributed by atoms with Gasteiger partial charge in [-0.05, 0) is 72.8 Å². The first-order chi connectivity index (χ1) is 17.4. The molecule has 0 bridgehead atoms. The molecule has 1 aromatic heterocycles. The Morgan fingerprint density at radius 3 is 2.33 bits per heavy atom. The summed E-state index contributed by atoms with van der Waals surface area (Å²) in [7, 11) is 1.57. The number of hydrogen-bond acceptors (Lipinski definition) is 7. The van der Waals surface area contributed by atoms with Crippen LogP contribution in [0.3, 0.4) is 0 Å². The summed E-state index contributed by atoms with van der Waals surface area (Å²) in [4.78, 5) is 52.0. The number of carbonyl (C=O) groups excluding carboxylic acids is 4. The first-order valence-corrected chi connectivity index (χ1v) is 12.2. The molecule has 186 valence electrons. The molecule has 1 fully saturated rings. The molecule has 9 nitrogen and oxygen atoms in total. The second-order valence-electron chi connectivity index (χ2n) is 8.05. The monoisotopic (exact) mass is 507 g/mol. The molecule has 1 unspecified atom stereocenters. The van der Waals surface area contributed by atoms with Gasteiger partial charge >= 0.3 is 5.97 Å². The molecule has 1 atom stereocenters. The molecular weight excluding hydrogens is 482 g/mol. The Bertz CT molecular complexity index is 1230. The zero-order chi connectivity index (χ0) is 25.5. The van der Waals surface area contributed by atoms with E-state index in [2.05, 4.69) is 10.6 Å². The Kier molecular flexibility index (Phi) is 7.96. The maximum absolute atomic E-state index is 12.6. The van der Waals surface area contributed by atoms with E-state index in [1.54, 1.807) is 73.2 Å². The fourth-order valence-corrected chi connectivity index (χ4v) is 4.49. The molecule has 0 radical (unpaired) electrons. The number of methoxy groups -OCH3 is 1. The average Bonchev–Trinajstić information content (AvgIpc) is 3.61. The highest BCUT2D eigenvalue weighted by Gasteiger charge is 2.36. The molecule has 1 aliphatic heterocycles. The normalized spacial score (nSPS) is 14.7. The quantitative estimate of drug-likeness (QED) is 0.449. The lowest BCUT2D eigenvalue weighted by molar-refractivity contribution is -0.151. The number of ether oxygens (including phenoxy) is 2. The summed E-state index contributed by atoms with van der Waals surface area (Å²) in [6, 6.07) is 16.1. The summed E-state index contributed by atoms with van der Waals surface area (Å²) in [6.07, 6.45) is 1.19. The van der Waals surface area contributed by atoms with Gasteiger partial charge in [0.15, 0.2) is 6.61 Å². The van der Waals surface area contributed by atoms with Gasteiger partial charge in [0.2, 0.25) is 0 Å². The van der Waals surface area contributed by atoms with Crippen molar-refractivity contribution in [1.82, 2.24) is 4.90 Å². The molecule has 1 saturated heterocycles. The van der Waals surface area contributed by atoms with Gasteiger partial charge in [0.05, 0.1) is 12.0 Å². The summed E-state index contributed by atoms with van der Waals surface area (Å²) in [5.74, 6) is -0.938. The van der Waals surface area contributed by atoms with Crippen LogP contribution in [0.1, 0.15) is 32.9 Å². The van der Waals surface area contributed by atoms with Crippen molar-refractivity contribution in [1.29, 1.82) is 0 Å². The number of hydrogen-bond donors (Lipinski definition) is 2. The molecule has 2 N–H and O–H groups in total. The van der Waals surface area contributed by atoms with E-state index in [9.17, 15) is 19.2 Å². The van der Waals surface area contributed by atoms with Gasteiger partial charge in [-0.2, -0.15) is 0 Å². The van der Waals surface area contributed by atoms with Crippen LogP contribution in [-0.4, -0.2) is 54.9 Å². The van der Waals surface area contributed by atoms with E-state index in [-0.39, 0.29) is 11.8 Å². The van der Waals surface area contributed by atoms with Gasteiger partial charge in [0, 0.05) is 23.5 Å². The van der Waals surface area contributed by atoms with Crippen LogP contribution in [0.5, 0.6) is 5.75 Å². The Labute approximate surface area is 212 Å². The first-order valence-electron chi connectivity index (χ1n) is 11.3. The molecule has 2 heterocycles. The molecule has 0 saturated carbocycles. The van der Waals surface area contributed by atoms with Gasteiger partial charge in [0.25, 0.3) is 17.7 Å². The van der Waals surface area contributed by atoms with Crippen LogP contribution in [0.15, 0.2) is 66.0 Å². The maximum Gasteiger partial charge on any atom is 0.329 e. The molecule has 1 aliphatic rings. The topological polar surface area (TPSA) is 114 Å². The highest BCUT2D eigenvalue weighted by atomic mass is 32.1. The minimum atomic E-state index is -0.698. The van der Waals surface area contributed by atoms with E-state index in [0.717, 1.165) is 0 Å². The van der Waals surface area contributed by atoms with Crippen LogP contribution in [0.2, 0.25) is 0 Å². The van der Waals surface area contributed by atoms with Crippen molar-refractivity contribution in [2.45, 2.75) is 18.9 Å². The number of benzene rings is 2. The lowest BCUT2D eigenvalue weighted by atomic mass is 10.2. The molecule has 4 rings (SSSR count). The number of amides is 3. The van der Waals surface area contributed by atoms with Crippen molar-refractivity contribution >= 4 is 46.4 Å². The SMILES string of the molecule is COc1ccc(NC(=O)c2ccc(NC(=O)COC(=O)C3CCCN3C(=O)c3cccs3)cc2)cc1. The number of nitrogens with zero attached hydrogens (tertiary/aromatic N) is 1. The van der Waals surface area contributed by atoms with Gasteiger partial charge in [-0.25, -0.2) is 4.79 Å². The summed E-state index contributed by atoms with van der Waals surface area (Å²) in [6.45, 7) is -0.00282. The van der Waals surface area contributed by atoms with Crippen molar-refractivity contribution in [3.63, 3.8) is 0 Å². The third-order valence-electron chi connectivity index (χ3n) is 5.64. The summed E-state index contributed by atoms with van der Waals surface area (Å²) in [5.41, 5.74) is 1.48. The van der Waals surface area contributed by atoms with Crippen molar-refractivity contribution in [3.8, 4) is 5.75 Å². The van der Waals surface area contributed by atoms with Crippen molar-refractivity contribution in [2.75, 3.05) is 30.9 Å². The Morgan fingerprint density at radius 1 is 0.972 bits per heavy atom. The van der Waals surface area contributed by atoms with Crippen LogP contribution >= 0.6 is 11.3 Å². The van der Waals surface area contributed by atoms with Crippen LogP contribution < -0.4 is 15.4 Å². The Balaban J connectivity index is 1.25. The van der Waals surface area contributed by atoms with Crippen LogP contribution in [0, 0.1) is 0 Å². The third kappa shape index (κ3) is 6.08. The lowest BCUT2D eigenvalue weighted by Gasteiger charge is -2.22. The van der Waals surface area contributed by atoms with Gasteiger partial charge in [-0.15, -0.1) is 11.3 Å². The maximum atomic E-state index is 12.6. The first kappa shape index (κ1) is 24.9. The van der Waals surface area contributed by atoms with Crippen molar-refractivity contribution in [3.05, 3.63) is 76.5 Å². The Morgan fingerprint density at radius 2 is 1.67 bits per heavy atom. The van der Waals surface area contributed by atoms with Crippen LogP contribution in [-0.2, 0) is 14.3 Å². The molecule has 2 aromatic carbocycles. The number of likely N-dealkylation sites (tertiary alicyclic amines) is 1. The fraction of sp³-hybridized carbons (Fsp3) is 0.231. The zero-order valence-electron chi connectivity index (χ0n) is 19.6. The lowest BCUT2D eigenvalue weighted by Crippen LogP contribution is -2.41. The fourth-order valence-electron chi connectivity index (χ4n) is 3.81. The second kappa shape index (κ2) is 11.5. The van der Waals surface area contributed by atoms with Gasteiger partial charge in [0.1, 0.15) is 11.8 Å². The summed E-state index contributed by atoms with van der Waals surface area (Å²) in [5, 5.41) is 7.22. The predicted octanol–water partition coefficient (Wildman–Crippen LogP) is 3.80. The highest BCUT2D eigenvalue weighted by molar-refractivity contribution is 7.12. The van der Waals surface area contributed by atoms with E-state index in [1.165, 1.54) is 16.2 Å². The minimum absolute atomic E-state index is 0.204. The van der Waals surface area contributed by atoms with Gasteiger partial charge < -0.3 is 25.0 Å². The molecule has 3 amide bonds. The number of thiophene rings is 1. The van der Waals surface area contributed by atoms with Gasteiger partial charge in [-0.1, -0.05) is 6.07 Å². The Hall–Kier alpha value is -4.18. The number of anilines is 2. The number of esters is 1. The average molecular weight is 508 g/mol. The van der Waals surface area contributed by atoms with E-state index in [4.69, 9.17) is 9.47 Å². The number of carbonyl (C=O) groups is 4. The number of nitrogens with one attached hydrogen (secondary N) is 2. The van der Waals surface area contributed by atoms with Crippen molar-refractivity contribution < 1.29 is 28.7 Å². The molecule has 0 aliphatic carbocycles. The number of rotatable bonds is 8. The minimum Gasteiger partial charge on any atom is -0.497 e. The van der Waals surface area contributed by atoms with Crippen LogP contribution in [0.4, 0.5) is 11.4 Å². The molecule has 3 aromatic rings. The molecular formula is C26H25N3O6S. The van der Waals surface area contributed by atoms with Crippen molar-refractivity contribution in [2.24, 2.45) is 0 Å². The molecule has 36 heavy (non-hydrogen) atoms. The predicted molar refractivity (Wildman–Crippen MR) is 135 cm³/mol. The summed E-state index contributed by atoms with van der Waals surface area (Å²) < 4.78 is 10.3. The van der Waals surface area contributed by atoms with E-state index in [0.29, 0.717) is 47.0 Å². The van der Waals surface area contributed by atoms with Crippen LogP contribution in [0.25, 0.3) is 0 Å². The molecule has 10 heteroatoms. The van der Waals surface area contributed by atoms with Gasteiger partial charge in [-0.3, -0.25) is 14.4 Å². The second-order valence-corrected chi connectivity index (χ2v) is 9.00. The van der Waals surface area contributed by atoms with E-state index < -0.39 is 24.5 Å². The van der Waals surface area contributed by atoms with E-state index >= 15 is 0 Å². The largest absolute Gasteiger partial charge is 0.497 e. The third-order valence-corrected chi connectivity index (χ3v) is 6.50. The summed E-state index contributed by atoms with van der Waals surface area (Å²) >= 11 is 1.32. The smallest absolute Gasteiger partial charge is 0.329 e. The standard InChI is InChI=1S/C26H25N3O6S/c1-34-20-12-10-19(11-13-20)28-24(31)17-6-8-18(9-7-17)27-23(30)16-35-26(33)21-4-2-14-29(21)25(32)22-5-3-15-36-22/h3,5-13,15,21H,2,4,14,16H2,1H3,(H,27,30)(H,28,31). The molecule has 0 spiro atoms.